The van der Waals surface area contributed by atoms with Gasteiger partial charge in [0.15, 0.2) is 5.96 Å². The molecule has 1 amide bonds. The molecule has 2 aromatic carbocycles. The Labute approximate surface area is 196 Å². The van der Waals surface area contributed by atoms with Crippen LogP contribution in [-0.2, 0) is 6.18 Å². The molecule has 170 valence electrons. The number of rotatable bonds is 7. The first-order chi connectivity index (χ1) is 14.2. The molecule has 2 rings (SSSR count). The average Bonchev–Trinajstić information content (AvgIpc) is 2.71. The van der Waals surface area contributed by atoms with E-state index in [2.05, 4.69) is 20.9 Å². The van der Waals surface area contributed by atoms with Crippen LogP contribution in [-0.4, -0.2) is 36.6 Å². The van der Waals surface area contributed by atoms with Crippen molar-refractivity contribution >= 4 is 35.8 Å². The lowest BCUT2D eigenvalue weighted by atomic mass is 10.1. The fraction of sp³-hybridized carbons (Fsp3) is 0.333. The van der Waals surface area contributed by atoms with Crippen LogP contribution in [0.1, 0.15) is 41.4 Å². The van der Waals surface area contributed by atoms with Gasteiger partial charge in [0, 0.05) is 18.7 Å². The van der Waals surface area contributed by atoms with Gasteiger partial charge in [0.2, 0.25) is 0 Å². The number of alkyl halides is 3. The van der Waals surface area contributed by atoms with Gasteiger partial charge in [-0.3, -0.25) is 9.79 Å². The van der Waals surface area contributed by atoms with Gasteiger partial charge in [0.1, 0.15) is 5.75 Å². The highest BCUT2D eigenvalue weighted by molar-refractivity contribution is 14.0. The second-order valence-corrected chi connectivity index (χ2v) is 6.55. The lowest BCUT2D eigenvalue weighted by molar-refractivity contribution is -0.137. The fourth-order valence-corrected chi connectivity index (χ4v) is 2.64. The molecule has 31 heavy (non-hydrogen) atoms. The number of phenolic OH excluding ortho intramolecular Hbond substituents is 1. The van der Waals surface area contributed by atoms with Crippen LogP contribution in [0.2, 0.25) is 0 Å². The van der Waals surface area contributed by atoms with Gasteiger partial charge in [-0.05, 0) is 55.8 Å². The number of nitrogens with zero attached hydrogens (tertiary/aromatic N) is 1. The molecular formula is C21H26F3IN4O2. The standard InChI is InChI=1S/C21H25F3N4O2.HI/c1-3-25-20(27-12-11-26-19(30)15-7-9-18(29)10-8-15)28-14(2)16-5-4-6-17(13-16)21(22,23)24;/h4-10,13-14,29H,3,11-12H2,1-2H3,(H,26,30)(H2,25,27,28);1H. The Kier molecular flexibility index (Phi) is 10.6. The Morgan fingerprint density at radius 3 is 2.42 bits per heavy atom. The Morgan fingerprint density at radius 2 is 1.81 bits per heavy atom. The third-order valence-electron chi connectivity index (χ3n) is 4.21. The normalized spacial score (nSPS) is 12.5. The van der Waals surface area contributed by atoms with Crippen LogP contribution >= 0.6 is 24.0 Å². The van der Waals surface area contributed by atoms with Crippen molar-refractivity contribution in [3.05, 3.63) is 65.2 Å². The molecule has 0 spiro atoms. The van der Waals surface area contributed by atoms with Crippen LogP contribution in [0.25, 0.3) is 0 Å². The van der Waals surface area contributed by atoms with Crippen molar-refractivity contribution in [1.82, 2.24) is 16.0 Å². The number of carbonyl (C=O) groups excluding carboxylic acids is 1. The predicted molar refractivity (Wildman–Crippen MR) is 125 cm³/mol. The molecule has 0 aliphatic rings. The summed E-state index contributed by atoms with van der Waals surface area (Å²) in [6.45, 7) is 4.73. The zero-order chi connectivity index (χ0) is 22.1. The maximum absolute atomic E-state index is 12.9. The van der Waals surface area contributed by atoms with Crippen molar-refractivity contribution < 1.29 is 23.1 Å². The molecule has 0 aromatic heterocycles. The molecular weight excluding hydrogens is 524 g/mol. The van der Waals surface area contributed by atoms with Crippen LogP contribution < -0.4 is 16.0 Å². The molecule has 0 radical (unpaired) electrons. The van der Waals surface area contributed by atoms with Gasteiger partial charge in [-0.2, -0.15) is 13.2 Å². The number of hydrogen-bond donors (Lipinski definition) is 4. The summed E-state index contributed by atoms with van der Waals surface area (Å²) in [6.07, 6.45) is -4.40. The Bertz CT molecular complexity index is 874. The van der Waals surface area contributed by atoms with Gasteiger partial charge in [0.25, 0.3) is 5.91 Å². The lowest BCUT2D eigenvalue weighted by Crippen LogP contribution is -2.39. The van der Waals surface area contributed by atoms with E-state index in [1.807, 2.05) is 6.92 Å². The molecule has 0 bridgehead atoms. The van der Waals surface area contributed by atoms with E-state index in [1.165, 1.54) is 30.3 Å². The highest BCUT2D eigenvalue weighted by Crippen LogP contribution is 2.30. The molecule has 1 atom stereocenters. The number of aliphatic imine (C=N–C) groups is 1. The van der Waals surface area contributed by atoms with Crippen LogP contribution in [0.3, 0.4) is 0 Å². The number of nitrogens with one attached hydrogen (secondary N) is 3. The van der Waals surface area contributed by atoms with Crippen molar-refractivity contribution in [2.75, 3.05) is 19.6 Å². The number of phenols is 1. The van der Waals surface area contributed by atoms with Gasteiger partial charge in [0.05, 0.1) is 18.2 Å². The highest BCUT2D eigenvalue weighted by Gasteiger charge is 2.30. The largest absolute Gasteiger partial charge is 0.508 e. The van der Waals surface area contributed by atoms with E-state index in [1.54, 1.807) is 13.0 Å². The number of amides is 1. The summed E-state index contributed by atoms with van der Waals surface area (Å²) in [5, 5.41) is 18.1. The summed E-state index contributed by atoms with van der Waals surface area (Å²) >= 11 is 0. The molecule has 0 aliphatic carbocycles. The van der Waals surface area contributed by atoms with Gasteiger partial charge < -0.3 is 21.1 Å². The average molecular weight is 550 g/mol. The Balaban J connectivity index is 0.00000480. The highest BCUT2D eigenvalue weighted by atomic mass is 127. The lowest BCUT2D eigenvalue weighted by Gasteiger charge is -2.19. The molecule has 0 aliphatic heterocycles. The maximum atomic E-state index is 12.9. The second kappa shape index (κ2) is 12.4. The van der Waals surface area contributed by atoms with Crippen molar-refractivity contribution in [3.8, 4) is 5.75 Å². The van der Waals surface area contributed by atoms with Gasteiger partial charge in [-0.25, -0.2) is 0 Å². The minimum Gasteiger partial charge on any atom is -0.508 e. The zero-order valence-electron chi connectivity index (χ0n) is 17.2. The first-order valence-electron chi connectivity index (χ1n) is 9.50. The van der Waals surface area contributed by atoms with Crippen molar-refractivity contribution in [2.24, 2.45) is 4.99 Å². The molecule has 2 aromatic rings. The van der Waals surface area contributed by atoms with E-state index >= 15 is 0 Å². The third kappa shape index (κ3) is 8.64. The van der Waals surface area contributed by atoms with Crippen molar-refractivity contribution in [3.63, 3.8) is 0 Å². The fourth-order valence-electron chi connectivity index (χ4n) is 2.64. The summed E-state index contributed by atoms with van der Waals surface area (Å²) in [4.78, 5) is 16.4. The summed E-state index contributed by atoms with van der Waals surface area (Å²) in [5.41, 5.74) is 0.198. The molecule has 0 saturated heterocycles. The molecule has 10 heteroatoms. The molecule has 1 unspecified atom stereocenters. The minimum atomic E-state index is -4.40. The molecule has 0 saturated carbocycles. The molecule has 4 N–H and O–H groups in total. The molecule has 0 heterocycles. The summed E-state index contributed by atoms with van der Waals surface area (Å²) in [6, 6.07) is 10.6. The number of hydrogen-bond acceptors (Lipinski definition) is 3. The third-order valence-corrected chi connectivity index (χ3v) is 4.21. The second-order valence-electron chi connectivity index (χ2n) is 6.55. The predicted octanol–water partition coefficient (Wildman–Crippen LogP) is 4.08. The number of guanidine groups is 1. The van der Waals surface area contributed by atoms with E-state index in [9.17, 15) is 23.1 Å². The topological polar surface area (TPSA) is 85.8 Å². The zero-order valence-corrected chi connectivity index (χ0v) is 19.5. The maximum Gasteiger partial charge on any atom is 0.416 e. The van der Waals surface area contributed by atoms with E-state index in [4.69, 9.17) is 0 Å². The van der Waals surface area contributed by atoms with E-state index < -0.39 is 17.8 Å². The summed E-state index contributed by atoms with van der Waals surface area (Å²) in [5.74, 6) is 0.217. The number of aromatic hydroxyl groups is 1. The van der Waals surface area contributed by atoms with Crippen LogP contribution in [0.15, 0.2) is 53.5 Å². The summed E-state index contributed by atoms with van der Waals surface area (Å²) < 4.78 is 38.8. The quantitative estimate of drug-likeness (QED) is 0.181. The smallest absolute Gasteiger partial charge is 0.416 e. The van der Waals surface area contributed by atoms with Crippen LogP contribution in [0.5, 0.6) is 5.75 Å². The SMILES string of the molecule is CCNC(=NCCNC(=O)c1ccc(O)cc1)NC(C)c1cccc(C(F)(F)F)c1.I. The van der Waals surface area contributed by atoms with Gasteiger partial charge >= 0.3 is 6.18 Å². The number of halogens is 4. The Morgan fingerprint density at radius 1 is 1.13 bits per heavy atom. The minimum absolute atomic E-state index is 0. The van der Waals surface area contributed by atoms with Gasteiger partial charge in [-0.15, -0.1) is 24.0 Å². The first-order valence-corrected chi connectivity index (χ1v) is 9.50. The van der Waals surface area contributed by atoms with Gasteiger partial charge in [-0.1, -0.05) is 12.1 Å². The Hall–Kier alpha value is -2.50. The summed E-state index contributed by atoms with van der Waals surface area (Å²) in [7, 11) is 0. The molecule has 6 nitrogen and oxygen atoms in total. The van der Waals surface area contributed by atoms with Crippen LogP contribution in [0.4, 0.5) is 13.2 Å². The monoisotopic (exact) mass is 550 g/mol. The number of carbonyl (C=O) groups is 1. The number of benzene rings is 2. The van der Waals surface area contributed by atoms with Crippen molar-refractivity contribution in [1.29, 1.82) is 0 Å². The van der Waals surface area contributed by atoms with E-state index in [0.29, 0.717) is 23.6 Å². The van der Waals surface area contributed by atoms with Crippen LogP contribution in [0, 0.1) is 0 Å². The molecule has 0 fully saturated rings. The van der Waals surface area contributed by atoms with Crippen molar-refractivity contribution in [2.45, 2.75) is 26.1 Å². The first kappa shape index (κ1) is 26.5. The van der Waals surface area contributed by atoms with E-state index in [0.717, 1.165) is 12.1 Å². The van der Waals surface area contributed by atoms with E-state index in [-0.39, 0.29) is 48.7 Å².